The summed E-state index contributed by atoms with van der Waals surface area (Å²) in [5.41, 5.74) is 2.15. The van der Waals surface area contributed by atoms with Crippen LogP contribution in [0.5, 0.6) is 5.75 Å². The predicted molar refractivity (Wildman–Crippen MR) is 85.2 cm³/mol. The molecule has 1 aliphatic rings. The first-order valence-electron chi connectivity index (χ1n) is 7.64. The normalized spacial score (nSPS) is 14.2. The first-order chi connectivity index (χ1) is 10.1. The molecule has 1 aromatic carbocycles. The monoisotopic (exact) mass is 287 g/mol. The molecule has 0 heterocycles. The van der Waals surface area contributed by atoms with E-state index in [1.807, 2.05) is 12.1 Å². The van der Waals surface area contributed by atoms with Gasteiger partial charge in [-0.05, 0) is 56.4 Å². The fraction of sp³-hybridized carbons (Fsp3) is 0.556. The molecule has 1 saturated carbocycles. The van der Waals surface area contributed by atoms with Gasteiger partial charge in [-0.1, -0.05) is 11.8 Å². The van der Waals surface area contributed by atoms with Crippen LogP contribution in [-0.2, 0) is 6.54 Å². The summed E-state index contributed by atoms with van der Waals surface area (Å²) in [6.45, 7) is 6.40. The lowest BCUT2D eigenvalue weighted by Crippen LogP contribution is -2.32. The van der Waals surface area contributed by atoms with Crippen molar-refractivity contribution in [3.8, 4) is 17.6 Å². The molecule has 1 N–H and O–H groups in total. The summed E-state index contributed by atoms with van der Waals surface area (Å²) in [4.78, 5) is 2.50. The van der Waals surface area contributed by atoms with Crippen molar-refractivity contribution in [2.24, 2.45) is 5.92 Å². The van der Waals surface area contributed by atoms with E-state index in [2.05, 4.69) is 36.7 Å². The molecule has 0 aliphatic heterocycles. The van der Waals surface area contributed by atoms with Crippen LogP contribution in [0.3, 0.4) is 0 Å². The Kier molecular flexibility index (Phi) is 5.67. The summed E-state index contributed by atoms with van der Waals surface area (Å²) in [7, 11) is 1.68. The van der Waals surface area contributed by atoms with E-state index < -0.39 is 0 Å². The van der Waals surface area contributed by atoms with Crippen molar-refractivity contribution >= 4 is 0 Å². The fourth-order valence-corrected chi connectivity index (χ4v) is 2.39. The van der Waals surface area contributed by atoms with Gasteiger partial charge in [-0.2, -0.15) is 0 Å². The number of aliphatic hydroxyl groups excluding tert-OH is 1. The molecule has 0 amide bonds. The first kappa shape index (κ1) is 15.9. The maximum atomic E-state index is 8.91. The van der Waals surface area contributed by atoms with Gasteiger partial charge in [0.15, 0.2) is 0 Å². The van der Waals surface area contributed by atoms with Crippen molar-refractivity contribution in [3.05, 3.63) is 29.3 Å². The Bertz CT molecular complexity index is 524. The lowest BCUT2D eigenvalue weighted by Gasteiger charge is -2.27. The van der Waals surface area contributed by atoms with E-state index in [-0.39, 0.29) is 6.61 Å². The van der Waals surface area contributed by atoms with Crippen LogP contribution in [0.15, 0.2) is 18.2 Å². The highest BCUT2D eigenvalue weighted by Crippen LogP contribution is 2.31. The average molecular weight is 287 g/mol. The molecule has 0 atom stereocenters. The van der Waals surface area contributed by atoms with Crippen LogP contribution in [-0.4, -0.2) is 36.3 Å². The standard InChI is InChI=1S/C18H25NO2/c1-14(2)19(12-15-6-7-15)13-17-11-18(21-3)9-8-16(17)5-4-10-20/h8-9,11,14-15,20H,6-7,10,12-13H2,1-3H3. The first-order valence-corrected chi connectivity index (χ1v) is 7.64. The van der Waals surface area contributed by atoms with Crippen LogP contribution in [0.4, 0.5) is 0 Å². The van der Waals surface area contributed by atoms with Crippen LogP contribution < -0.4 is 4.74 Å². The van der Waals surface area contributed by atoms with Crippen molar-refractivity contribution in [1.29, 1.82) is 0 Å². The third-order valence-corrected chi connectivity index (χ3v) is 3.91. The molecule has 0 unspecified atom stereocenters. The Morgan fingerprint density at radius 2 is 2.14 bits per heavy atom. The van der Waals surface area contributed by atoms with Crippen LogP contribution in [0.1, 0.15) is 37.8 Å². The van der Waals surface area contributed by atoms with Crippen LogP contribution in [0.25, 0.3) is 0 Å². The van der Waals surface area contributed by atoms with Gasteiger partial charge in [0.1, 0.15) is 12.4 Å². The van der Waals surface area contributed by atoms with E-state index in [0.29, 0.717) is 6.04 Å². The summed E-state index contributed by atoms with van der Waals surface area (Å²) in [5, 5.41) is 8.91. The topological polar surface area (TPSA) is 32.7 Å². The minimum absolute atomic E-state index is 0.110. The molecular weight excluding hydrogens is 262 g/mol. The lowest BCUT2D eigenvalue weighted by atomic mass is 10.1. The van der Waals surface area contributed by atoms with Gasteiger partial charge in [-0.25, -0.2) is 0 Å². The molecule has 21 heavy (non-hydrogen) atoms. The highest BCUT2D eigenvalue weighted by molar-refractivity contribution is 5.45. The maximum Gasteiger partial charge on any atom is 0.119 e. The molecule has 114 valence electrons. The summed E-state index contributed by atoms with van der Waals surface area (Å²) < 4.78 is 5.33. The minimum Gasteiger partial charge on any atom is -0.497 e. The van der Waals surface area contributed by atoms with Gasteiger partial charge in [-0.3, -0.25) is 4.90 Å². The molecule has 1 fully saturated rings. The molecule has 3 heteroatoms. The zero-order valence-corrected chi connectivity index (χ0v) is 13.2. The Labute approximate surface area is 127 Å². The third-order valence-electron chi connectivity index (χ3n) is 3.91. The number of aliphatic hydroxyl groups is 1. The van der Waals surface area contributed by atoms with Gasteiger partial charge in [0.25, 0.3) is 0 Å². The van der Waals surface area contributed by atoms with Crippen molar-refractivity contribution in [3.63, 3.8) is 0 Å². The van der Waals surface area contributed by atoms with Crippen LogP contribution in [0, 0.1) is 17.8 Å². The number of ether oxygens (including phenoxy) is 1. The second-order valence-electron chi connectivity index (χ2n) is 5.95. The Balaban J connectivity index is 2.21. The average Bonchev–Trinajstić information content (AvgIpc) is 3.29. The lowest BCUT2D eigenvalue weighted by molar-refractivity contribution is 0.203. The summed E-state index contributed by atoms with van der Waals surface area (Å²) >= 11 is 0. The zero-order valence-electron chi connectivity index (χ0n) is 13.2. The largest absolute Gasteiger partial charge is 0.497 e. The molecule has 1 aliphatic carbocycles. The zero-order chi connectivity index (χ0) is 15.2. The number of nitrogens with zero attached hydrogens (tertiary/aromatic N) is 1. The Morgan fingerprint density at radius 1 is 1.38 bits per heavy atom. The molecule has 2 rings (SSSR count). The van der Waals surface area contributed by atoms with Crippen molar-refractivity contribution in [2.45, 2.75) is 39.3 Å². The second kappa shape index (κ2) is 7.49. The van der Waals surface area contributed by atoms with Crippen molar-refractivity contribution < 1.29 is 9.84 Å². The van der Waals surface area contributed by atoms with E-state index >= 15 is 0 Å². The smallest absolute Gasteiger partial charge is 0.119 e. The molecule has 0 aromatic heterocycles. The summed E-state index contributed by atoms with van der Waals surface area (Å²) in [6, 6.07) is 6.47. The van der Waals surface area contributed by atoms with Crippen molar-refractivity contribution in [1.82, 2.24) is 4.90 Å². The van der Waals surface area contributed by atoms with Crippen molar-refractivity contribution in [2.75, 3.05) is 20.3 Å². The number of rotatable bonds is 6. The number of hydrogen-bond acceptors (Lipinski definition) is 3. The van der Waals surface area contributed by atoms with Gasteiger partial charge in [-0.15, -0.1) is 0 Å². The molecule has 0 bridgehead atoms. The van der Waals surface area contributed by atoms with E-state index in [4.69, 9.17) is 9.84 Å². The summed E-state index contributed by atoms with van der Waals surface area (Å²) in [5.74, 6) is 7.51. The van der Waals surface area contributed by atoms with Gasteiger partial charge in [0, 0.05) is 24.7 Å². The van der Waals surface area contributed by atoms with E-state index in [1.165, 1.54) is 18.4 Å². The Morgan fingerprint density at radius 3 is 2.71 bits per heavy atom. The van der Waals surface area contributed by atoms with E-state index in [0.717, 1.165) is 30.3 Å². The van der Waals surface area contributed by atoms with E-state index in [9.17, 15) is 0 Å². The van der Waals surface area contributed by atoms with Crippen LogP contribution >= 0.6 is 0 Å². The highest BCUT2D eigenvalue weighted by atomic mass is 16.5. The van der Waals surface area contributed by atoms with Crippen LogP contribution in [0.2, 0.25) is 0 Å². The number of benzene rings is 1. The van der Waals surface area contributed by atoms with E-state index in [1.54, 1.807) is 7.11 Å². The van der Waals surface area contributed by atoms with Gasteiger partial charge >= 0.3 is 0 Å². The molecule has 0 spiro atoms. The third kappa shape index (κ3) is 4.77. The minimum atomic E-state index is -0.110. The second-order valence-corrected chi connectivity index (χ2v) is 5.95. The SMILES string of the molecule is COc1ccc(C#CCO)c(CN(CC2CC2)C(C)C)c1. The molecule has 3 nitrogen and oxygen atoms in total. The van der Waals surface area contributed by atoms with Gasteiger partial charge in [0.2, 0.25) is 0 Å². The molecule has 0 saturated heterocycles. The molecular formula is C18H25NO2. The number of hydrogen-bond donors (Lipinski definition) is 1. The fourth-order valence-electron chi connectivity index (χ4n) is 2.39. The summed E-state index contributed by atoms with van der Waals surface area (Å²) in [6.07, 6.45) is 2.72. The molecule has 0 radical (unpaired) electrons. The number of methoxy groups -OCH3 is 1. The molecule has 1 aromatic rings. The maximum absolute atomic E-state index is 8.91. The van der Waals surface area contributed by atoms with Gasteiger partial charge < -0.3 is 9.84 Å². The highest BCUT2D eigenvalue weighted by Gasteiger charge is 2.25. The predicted octanol–water partition coefficient (Wildman–Crippen LogP) is 2.66. The Hall–Kier alpha value is -1.50. The quantitative estimate of drug-likeness (QED) is 0.817. The van der Waals surface area contributed by atoms with Gasteiger partial charge in [0.05, 0.1) is 7.11 Å².